The lowest BCUT2D eigenvalue weighted by atomic mass is 10.3. The molecule has 1 aromatic heterocycles. The predicted octanol–water partition coefficient (Wildman–Crippen LogP) is 1.35. The first kappa shape index (κ1) is 13.0. The molecule has 0 atom stereocenters. The highest BCUT2D eigenvalue weighted by Gasteiger charge is 2.18. The van der Waals surface area contributed by atoms with Crippen molar-refractivity contribution in [2.75, 3.05) is 13.1 Å². The average Bonchev–Trinajstić information content (AvgIpc) is 3.07. The van der Waals surface area contributed by atoms with Crippen molar-refractivity contribution in [3.05, 3.63) is 34.7 Å². The molecule has 0 spiro atoms. The van der Waals surface area contributed by atoms with Crippen LogP contribution in [0.4, 0.5) is 0 Å². The number of hydrogen-bond donors (Lipinski definition) is 0. The highest BCUT2D eigenvalue weighted by molar-refractivity contribution is 5.78. The summed E-state index contributed by atoms with van der Waals surface area (Å²) in [7, 11) is 1.77. The fourth-order valence-corrected chi connectivity index (χ4v) is 2.91. The van der Waals surface area contributed by atoms with E-state index in [0.29, 0.717) is 13.0 Å². The molecule has 1 fully saturated rings. The molecule has 0 N–H and O–H groups in total. The van der Waals surface area contributed by atoms with Crippen molar-refractivity contribution in [1.82, 2.24) is 14.0 Å². The molecule has 5 heteroatoms. The Morgan fingerprint density at radius 2 is 1.80 bits per heavy atom. The van der Waals surface area contributed by atoms with Gasteiger partial charge in [0.25, 0.3) is 0 Å². The van der Waals surface area contributed by atoms with Gasteiger partial charge in [0.15, 0.2) is 0 Å². The molecular formula is C15H19N3O2. The lowest BCUT2D eigenvalue weighted by Crippen LogP contribution is -2.30. The van der Waals surface area contributed by atoms with Gasteiger partial charge in [-0.15, -0.1) is 0 Å². The molecule has 3 rings (SSSR count). The summed E-state index contributed by atoms with van der Waals surface area (Å²) in [4.78, 5) is 26.2. The quantitative estimate of drug-likeness (QED) is 0.847. The molecule has 2 aromatic rings. The van der Waals surface area contributed by atoms with E-state index in [4.69, 9.17) is 0 Å². The number of aryl methyl sites for hydroxylation is 2. The Labute approximate surface area is 117 Å². The summed E-state index contributed by atoms with van der Waals surface area (Å²) in [6.07, 6.45) is 2.59. The highest BCUT2D eigenvalue weighted by Crippen LogP contribution is 2.13. The van der Waals surface area contributed by atoms with Crippen LogP contribution in [0.5, 0.6) is 0 Å². The monoisotopic (exact) mass is 273 g/mol. The lowest BCUT2D eigenvalue weighted by Gasteiger charge is -2.15. The van der Waals surface area contributed by atoms with Crippen molar-refractivity contribution in [3.8, 4) is 0 Å². The third-order valence-corrected chi connectivity index (χ3v) is 4.06. The minimum Gasteiger partial charge on any atom is -0.343 e. The maximum absolute atomic E-state index is 12.2. The maximum atomic E-state index is 12.2. The van der Waals surface area contributed by atoms with Crippen molar-refractivity contribution in [2.24, 2.45) is 7.05 Å². The van der Waals surface area contributed by atoms with Crippen LogP contribution >= 0.6 is 0 Å². The number of rotatable bonds is 3. The van der Waals surface area contributed by atoms with Crippen LogP contribution in [0, 0.1) is 0 Å². The van der Waals surface area contributed by atoms with Crippen LogP contribution in [0.25, 0.3) is 11.0 Å². The van der Waals surface area contributed by atoms with Gasteiger partial charge in [0, 0.05) is 33.1 Å². The van der Waals surface area contributed by atoms with Crippen LogP contribution in [0.3, 0.4) is 0 Å². The third-order valence-electron chi connectivity index (χ3n) is 4.06. The molecule has 1 aliphatic heterocycles. The topological polar surface area (TPSA) is 47.2 Å². The number of hydrogen-bond acceptors (Lipinski definition) is 2. The smallest absolute Gasteiger partial charge is 0.328 e. The van der Waals surface area contributed by atoms with Gasteiger partial charge in [0.1, 0.15) is 0 Å². The van der Waals surface area contributed by atoms with Gasteiger partial charge in [-0.05, 0) is 25.0 Å². The van der Waals surface area contributed by atoms with E-state index in [9.17, 15) is 9.59 Å². The summed E-state index contributed by atoms with van der Waals surface area (Å²) in [5, 5.41) is 0. The van der Waals surface area contributed by atoms with Gasteiger partial charge in [0.05, 0.1) is 11.0 Å². The van der Waals surface area contributed by atoms with Crippen molar-refractivity contribution in [3.63, 3.8) is 0 Å². The number of likely N-dealkylation sites (tertiary alicyclic amines) is 1. The van der Waals surface area contributed by atoms with E-state index in [1.165, 1.54) is 0 Å². The maximum Gasteiger partial charge on any atom is 0.328 e. The zero-order chi connectivity index (χ0) is 14.1. The van der Waals surface area contributed by atoms with E-state index in [1.807, 2.05) is 29.2 Å². The Balaban J connectivity index is 1.82. The zero-order valence-corrected chi connectivity index (χ0v) is 11.7. The summed E-state index contributed by atoms with van der Waals surface area (Å²) < 4.78 is 3.33. The van der Waals surface area contributed by atoms with Crippen molar-refractivity contribution < 1.29 is 4.79 Å². The normalized spacial score (nSPS) is 15.2. The predicted molar refractivity (Wildman–Crippen MR) is 77.6 cm³/mol. The van der Waals surface area contributed by atoms with Crippen LogP contribution in [-0.2, 0) is 18.4 Å². The Kier molecular flexibility index (Phi) is 3.34. The lowest BCUT2D eigenvalue weighted by molar-refractivity contribution is -0.130. The van der Waals surface area contributed by atoms with Gasteiger partial charge < -0.3 is 4.90 Å². The van der Waals surface area contributed by atoms with E-state index in [1.54, 1.807) is 16.2 Å². The molecule has 0 bridgehead atoms. The number of aromatic nitrogens is 2. The minimum atomic E-state index is -0.0552. The van der Waals surface area contributed by atoms with Gasteiger partial charge >= 0.3 is 5.69 Å². The molecule has 5 nitrogen and oxygen atoms in total. The standard InChI is InChI=1S/C15H19N3O2/c1-16-12-6-2-3-7-13(12)18(15(16)20)11-8-14(19)17-9-4-5-10-17/h2-3,6-7H,4-5,8-11H2,1H3. The van der Waals surface area contributed by atoms with Crippen LogP contribution < -0.4 is 5.69 Å². The van der Waals surface area contributed by atoms with Gasteiger partial charge in [0.2, 0.25) is 5.91 Å². The Morgan fingerprint density at radius 1 is 1.15 bits per heavy atom. The van der Waals surface area contributed by atoms with Crippen molar-refractivity contribution in [1.29, 1.82) is 0 Å². The Morgan fingerprint density at radius 3 is 2.50 bits per heavy atom. The Hall–Kier alpha value is -2.04. The second-order valence-electron chi connectivity index (χ2n) is 5.32. The zero-order valence-electron chi connectivity index (χ0n) is 11.7. The highest BCUT2D eigenvalue weighted by atomic mass is 16.2. The first-order chi connectivity index (χ1) is 9.68. The van der Waals surface area contributed by atoms with E-state index < -0.39 is 0 Å². The van der Waals surface area contributed by atoms with E-state index in [-0.39, 0.29) is 11.6 Å². The molecule has 0 aliphatic carbocycles. The molecule has 0 unspecified atom stereocenters. The average molecular weight is 273 g/mol. The Bertz CT molecular complexity index is 693. The first-order valence-electron chi connectivity index (χ1n) is 7.10. The molecule has 1 aliphatic rings. The number of benzene rings is 1. The van der Waals surface area contributed by atoms with Crippen LogP contribution in [0.2, 0.25) is 0 Å². The molecule has 0 radical (unpaired) electrons. The first-order valence-corrected chi connectivity index (χ1v) is 7.10. The molecule has 1 aromatic carbocycles. The third kappa shape index (κ3) is 2.13. The van der Waals surface area contributed by atoms with Crippen LogP contribution in [-0.4, -0.2) is 33.0 Å². The summed E-state index contributed by atoms with van der Waals surface area (Å²) in [5.74, 6) is 0.155. The summed E-state index contributed by atoms with van der Waals surface area (Å²) in [6.45, 7) is 2.18. The van der Waals surface area contributed by atoms with Crippen molar-refractivity contribution in [2.45, 2.75) is 25.8 Å². The summed E-state index contributed by atoms with van der Waals surface area (Å²) in [5.41, 5.74) is 1.75. The molecule has 1 saturated heterocycles. The molecule has 0 saturated carbocycles. The van der Waals surface area contributed by atoms with Crippen LogP contribution in [0.1, 0.15) is 19.3 Å². The molecular weight excluding hydrogens is 254 g/mol. The molecule has 1 amide bonds. The number of carbonyl (C=O) groups excluding carboxylic acids is 1. The van der Waals surface area contributed by atoms with Gasteiger partial charge in [-0.1, -0.05) is 12.1 Å². The number of carbonyl (C=O) groups is 1. The molecule has 20 heavy (non-hydrogen) atoms. The SMILES string of the molecule is Cn1c(=O)n(CCC(=O)N2CCCC2)c2ccccc21. The fourth-order valence-electron chi connectivity index (χ4n) is 2.91. The number of imidazole rings is 1. The van der Waals surface area contributed by atoms with E-state index in [0.717, 1.165) is 37.0 Å². The summed E-state index contributed by atoms with van der Waals surface area (Å²) >= 11 is 0. The second kappa shape index (κ2) is 5.15. The largest absolute Gasteiger partial charge is 0.343 e. The molecule has 106 valence electrons. The van der Waals surface area contributed by atoms with Gasteiger partial charge in [-0.25, -0.2) is 4.79 Å². The van der Waals surface area contributed by atoms with Gasteiger partial charge in [-0.3, -0.25) is 13.9 Å². The minimum absolute atomic E-state index is 0.0552. The van der Waals surface area contributed by atoms with Gasteiger partial charge in [-0.2, -0.15) is 0 Å². The number of amides is 1. The van der Waals surface area contributed by atoms with E-state index in [2.05, 4.69) is 0 Å². The van der Waals surface area contributed by atoms with Crippen molar-refractivity contribution >= 4 is 16.9 Å². The number of para-hydroxylation sites is 2. The van der Waals surface area contributed by atoms with Crippen LogP contribution in [0.15, 0.2) is 29.1 Å². The number of fused-ring (bicyclic) bond motifs is 1. The summed E-state index contributed by atoms with van der Waals surface area (Å²) in [6, 6.07) is 7.69. The fraction of sp³-hybridized carbons (Fsp3) is 0.467. The molecule has 2 heterocycles. The van der Waals surface area contributed by atoms with E-state index >= 15 is 0 Å². The number of nitrogens with zero attached hydrogens (tertiary/aromatic N) is 3. The second-order valence-corrected chi connectivity index (χ2v) is 5.32.